The fourth-order valence-corrected chi connectivity index (χ4v) is 2.52. The van der Waals surface area contributed by atoms with Crippen LogP contribution in [-0.4, -0.2) is 37.6 Å². The first kappa shape index (κ1) is 14.1. The van der Waals surface area contributed by atoms with E-state index in [-0.39, 0.29) is 24.2 Å². The molecule has 14 heavy (non-hydrogen) atoms. The van der Waals surface area contributed by atoms with Crippen LogP contribution in [-0.2, 0) is 4.79 Å². The summed E-state index contributed by atoms with van der Waals surface area (Å²) >= 11 is 1.95. The average Bonchev–Trinajstić information content (AvgIpc) is 2.19. The van der Waals surface area contributed by atoms with Crippen molar-refractivity contribution in [3.8, 4) is 0 Å². The number of amides is 1. The van der Waals surface area contributed by atoms with Gasteiger partial charge in [-0.25, -0.2) is 0 Å². The molecule has 1 aliphatic rings. The molecule has 0 bridgehead atoms. The Morgan fingerprint density at radius 2 is 2.00 bits per heavy atom. The molecule has 3 nitrogen and oxygen atoms in total. The standard InChI is InChI=1S/C9H18N2OS.ClH/c1-10-4-5-11-9(12)8-2-6-13-7-3-8;/h8,10H,2-7H2,1H3,(H,11,12);1H. The number of thioether (sulfide) groups is 1. The van der Waals surface area contributed by atoms with E-state index in [9.17, 15) is 4.79 Å². The zero-order valence-electron chi connectivity index (χ0n) is 8.54. The van der Waals surface area contributed by atoms with Crippen molar-refractivity contribution in [1.82, 2.24) is 10.6 Å². The first-order valence-corrected chi connectivity index (χ1v) is 6.00. The molecule has 0 saturated carbocycles. The molecule has 0 aliphatic carbocycles. The summed E-state index contributed by atoms with van der Waals surface area (Å²) < 4.78 is 0. The molecular weight excluding hydrogens is 220 g/mol. The van der Waals surface area contributed by atoms with Gasteiger partial charge < -0.3 is 10.6 Å². The van der Waals surface area contributed by atoms with Gasteiger partial charge in [0.25, 0.3) is 0 Å². The molecule has 0 aromatic rings. The van der Waals surface area contributed by atoms with Crippen molar-refractivity contribution >= 4 is 30.1 Å². The van der Waals surface area contributed by atoms with Crippen LogP contribution in [0.5, 0.6) is 0 Å². The highest BCUT2D eigenvalue weighted by Gasteiger charge is 2.20. The lowest BCUT2D eigenvalue weighted by molar-refractivity contribution is -0.125. The molecule has 5 heteroatoms. The first-order chi connectivity index (χ1) is 6.34. The summed E-state index contributed by atoms with van der Waals surface area (Å²) in [6, 6.07) is 0. The normalized spacial score (nSPS) is 17.2. The van der Waals surface area contributed by atoms with Crippen LogP contribution in [0, 0.1) is 5.92 Å². The number of hydrogen-bond acceptors (Lipinski definition) is 3. The minimum atomic E-state index is 0. The van der Waals surface area contributed by atoms with E-state index in [4.69, 9.17) is 0 Å². The van der Waals surface area contributed by atoms with Gasteiger partial charge in [0, 0.05) is 19.0 Å². The monoisotopic (exact) mass is 238 g/mol. The van der Waals surface area contributed by atoms with Crippen LogP contribution in [0.2, 0.25) is 0 Å². The zero-order chi connectivity index (χ0) is 9.52. The second kappa shape index (κ2) is 8.38. The van der Waals surface area contributed by atoms with E-state index in [1.165, 1.54) is 0 Å². The molecule has 1 aliphatic heterocycles. The second-order valence-electron chi connectivity index (χ2n) is 3.28. The van der Waals surface area contributed by atoms with Gasteiger partial charge in [0.15, 0.2) is 0 Å². The van der Waals surface area contributed by atoms with Crippen molar-refractivity contribution in [3.63, 3.8) is 0 Å². The molecule has 1 rings (SSSR count). The van der Waals surface area contributed by atoms with Crippen LogP contribution < -0.4 is 10.6 Å². The molecule has 0 spiro atoms. The Hall–Kier alpha value is 0.0700. The number of likely N-dealkylation sites (N-methyl/N-ethyl adjacent to an activating group) is 1. The summed E-state index contributed by atoms with van der Waals surface area (Å²) in [7, 11) is 1.89. The van der Waals surface area contributed by atoms with E-state index >= 15 is 0 Å². The Morgan fingerprint density at radius 1 is 1.36 bits per heavy atom. The van der Waals surface area contributed by atoms with Crippen LogP contribution >= 0.6 is 24.2 Å². The third-order valence-electron chi connectivity index (χ3n) is 2.27. The molecular formula is C9H19ClN2OS. The topological polar surface area (TPSA) is 41.1 Å². The van der Waals surface area contributed by atoms with Gasteiger partial charge in [-0.2, -0.15) is 11.8 Å². The molecule has 1 amide bonds. The van der Waals surface area contributed by atoms with E-state index in [2.05, 4.69) is 10.6 Å². The van der Waals surface area contributed by atoms with Crippen LogP contribution in [0.25, 0.3) is 0 Å². The lowest BCUT2D eigenvalue weighted by Gasteiger charge is -2.20. The molecule has 84 valence electrons. The molecule has 1 saturated heterocycles. The highest BCUT2D eigenvalue weighted by Crippen LogP contribution is 2.22. The van der Waals surface area contributed by atoms with Crippen molar-refractivity contribution < 1.29 is 4.79 Å². The maximum Gasteiger partial charge on any atom is 0.223 e. The van der Waals surface area contributed by atoms with Crippen LogP contribution in [0.3, 0.4) is 0 Å². The van der Waals surface area contributed by atoms with Gasteiger partial charge in [-0.05, 0) is 31.4 Å². The Bertz CT molecular complexity index is 163. The largest absolute Gasteiger partial charge is 0.355 e. The number of carbonyl (C=O) groups is 1. The Labute approximate surface area is 96.2 Å². The molecule has 1 fully saturated rings. The van der Waals surface area contributed by atoms with Crippen molar-refractivity contribution in [1.29, 1.82) is 0 Å². The first-order valence-electron chi connectivity index (χ1n) is 4.84. The molecule has 2 N–H and O–H groups in total. The van der Waals surface area contributed by atoms with Gasteiger partial charge in [-0.15, -0.1) is 12.4 Å². The van der Waals surface area contributed by atoms with Crippen molar-refractivity contribution in [2.45, 2.75) is 12.8 Å². The Balaban J connectivity index is 0.00000169. The van der Waals surface area contributed by atoms with E-state index in [1.807, 2.05) is 18.8 Å². The molecule has 0 atom stereocenters. The Kier molecular flexibility index (Phi) is 8.43. The quantitative estimate of drug-likeness (QED) is 0.715. The van der Waals surface area contributed by atoms with Gasteiger partial charge in [0.05, 0.1) is 0 Å². The van der Waals surface area contributed by atoms with Gasteiger partial charge >= 0.3 is 0 Å². The van der Waals surface area contributed by atoms with Crippen molar-refractivity contribution in [2.24, 2.45) is 5.92 Å². The van der Waals surface area contributed by atoms with Gasteiger partial charge in [0.2, 0.25) is 5.91 Å². The number of rotatable bonds is 4. The van der Waals surface area contributed by atoms with E-state index < -0.39 is 0 Å². The molecule has 0 unspecified atom stereocenters. The summed E-state index contributed by atoms with van der Waals surface area (Å²) in [5.74, 6) is 2.81. The average molecular weight is 239 g/mol. The highest BCUT2D eigenvalue weighted by atomic mass is 35.5. The third kappa shape index (κ3) is 5.08. The maximum absolute atomic E-state index is 11.5. The summed E-state index contributed by atoms with van der Waals surface area (Å²) in [6.07, 6.45) is 2.10. The SMILES string of the molecule is CNCCNC(=O)C1CCSCC1.Cl. The fourth-order valence-electron chi connectivity index (χ4n) is 1.41. The van der Waals surface area contributed by atoms with Crippen molar-refractivity contribution in [3.05, 3.63) is 0 Å². The lowest BCUT2D eigenvalue weighted by Crippen LogP contribution is -2.36. The second-order valence-corrected chi connectivity index (χ2v) is 4.51. The highest BCUT2D eigenvalue weighted by molar-refractivity contribution is 7.99. The van der Waals surface area contributed by atoms with Crippen LogP contribution in [0.1, 0.15) is 12.8 Å². The lowest BCUT2D eigenvalue weighted by atomic mass is 10.0. The Morgan fingerprint density at radius 3 is 2.57 bits per heavy atom. The smallest absolute Gasteiger partial charge is 0.223 e. The predicted octanol–water partition coefficient (Wildman–Crippen LogP) is 0.887. The summed E-state index contributed by atoms with van der Waals surface area (Å²) in [5.41, 5.74) is 0. The maximum atomic E-state index is 11.5. The van der Waals surface area contributed by atoms with Gasteiger partial charge in [-0.1, -0.05) is 0 Å². The van der Waals surface area contributed by atoms with Gasteiger partial charge in [-0.3, -0.25) is 4.79 Å². The number of hydrogen-bond donors (Lipinski definition) is 2. The fraction of sp³-hybridized carbons (Fsp3) is 0.889. The third-order valence-corrected chi connectivity index (χ3v) is 3.32. The molecule has 0 aromatic heterocycles. The van der Waals surface area contributed by atoms with E-state index in [0.717, 1.165) is 37.4 Å². The van der Waals surface area contributed by atoms with E-state index in [0.29, 0.717) is 0 Å². The minimum absolute atomic E-state index is 0. The van der Waals surface area contributed by atoms with Crippen LogP contribution in [0.15, 0.2) is 0 Å². The summed E-state index contributed by atoms with van der Waals surface area (Å²) in [6.45, 7) is 1.60. The van der Waals surface area contributed by atoms with Crippen LogP contribution in [0.4, 0.5) is 0 Å². The van der Waals surface area contributed by atoms with Gasteiger partial charge in [0.1, 0.15) is 0 Å². The number of halogens is 1. The summed E-state index contributed by atoms with van der Waals surface area (Å²) in [4.78, 5) is 11.5. The number of carbonyl (C=O) groups excluding carboxylic acids is 1. The van der Waals surface area contributed by atoms with E-state index in [1.54, 1.807) is 0 Å². The minimum Gasteiger partial charge on any atom is -0.355 e. The molecule has 0 radical (unpaired) electrons. The molecule has 0 aromatic carbocycles. The summed E-state index contributed by atoms with van der Waals surface area (Å²) in [5, 5.41) is 5.95. The molecule has 1 heterocycles. The van der Waals surface area contributed by atoms with Crippen molar-refractivity contribution in [2.75, 3.05) is 31.6 Å². The zero-order valence-corrected chi connectivity index (χ0v) is 10.2. The predicted molar refractivity (Wildman–Crippen MR) is 64.2 cm³/mol. The number of nitrogens with one attached hydrogen (secondary N) is 2.